The Balaban J connectivity index is 1.56. The van der Waals surface area contributed by atoms with Crippen molar-refractivity contribution in [3.8, 4) is 5.88 Å². The van der Waals surface area contributed by atoms with Gasteiger partial charge in [-0.05, 0) is 56.7 Å². The van der Waals surface area contributed by atoms with Crippen molar-refractivity contribution in [2.24, 2.45) is 11.3 Å². The van der Waals surface area contributed by atoms with E-state index < -0.39 is 35.8 Å². The molecule has 0 saturated carbocycles. The predicted octanol–water partition coefficient (Wildman–Crippen LogP) is 6.08. The summed E-state index contributed by atoms with van der Waals surface area (Å²) in [7, 11) is 0. The van der Waals surface area contributed by atoms with Gasteiger partial charge in [0, 0.05) is 5.92 Å². The Kier molecular flexibility index (Phi) is 10.3. The highest BCUT2D eigenvalue weighted by atomic mass is 35.5. The van der Waals surface area contributed by atoms with E-state index in [9.17, 15) is 9.59 Å². The third-order valence-corrected chi connectivity index (χ3v) is 8.01. The van der Waals surface area contributed by atoms with Gasteiger partial charge < -0.3 is 14.2 Å². The number of unbranched alkanes of at least 4 members (excludes halogenated alkanes) is 2. The maximum absolute atomic E-state index is 15.8. The standard InChI is InChI=1S/C30H38ClFN4O5/c1-5-7-11-16-40-26-24-25(34-29(31)35-26)36(18-33-24)27-23(32)19(3)22(41-27)14-15-30(20(4)37,28(38)39-6-2)17-21-12-9-8-10-13-21/h8-10,12-13,18-19,22-23,27H,5-7,11,14-17H2,1-4H3/t19-,22-,23+,27-,30?/m1/s1. The van der Waals surface area contributed by atoms with Gasteiger partial charge in [0.25, 0.3) is 0 Å². The lowest BCUT2D eigenvalue weighted by Gasteiger charge is -2.30. The van der Waals surface area contributed by atoms with Crippen molar-refractivity contribution in [3.05, 3.63) is 47.5 Å². The molecule has 1 unspecified atom stereocenters. The highest BCUT2D eigenvalue weighted by molar-refractivity contribution is 6.28. The first-order chi connectivity index (χ1) is 19.7. The second-order valence-electron chi connectivity index (χ2n) is 10.6. The van der Waals surface area contributed by atoms with E-state index in [1.807, 2.05) is 30.3 Å². The number of carbonyl (C=O) groups is 2. The van der Waals surface area contributed by atoms with Crippen LogP contribution in [0.1, 0.15) is 71.6 Å². The SMILES string of the molecule is CCCCCOc1nc(Cl)nc2c1ncn2[C@@H]1O[C@H](CCC(Cc2ccccc2)(C(C)=O)C(=O)OCC)[C@@H](C)[C@@H]1F. The Morgan fingerprint density at radius 1 is 1.17 bits per heavy atom. The number of rotatable bonds is 14. The largest absolute Gasteiger partial charge is 0.476 e. The predicted molar refractivity (Wildman–Crippen MR) is 152 cm³/mol. The molecule has 0 N–H and O–H groups in total. The first-order valence-electron chi connectivity index (χ1n) is 14.3. The topological polar surface area (TPSA) is 105 Å². The van der Waals surface area contributed by atoms with Crippen molar-refractivity contribution in [2.75, 3.05) is 13.2 Å². The van der Waals surface area contributed by atoms with Gasteiger partial charge in [0.2, 0.25) is 11.2 Å². The minimum absolute atomic E-state index is 0.0377. The van der Waals surface area contributed by atoms with Crippen LogP contribution in [0.5, 0.6) is 5.88 Å². The summed E-state index contributed by atoms with van der Waals surface area (Å²) < 4.78 is 34.7. The van der Waals surface area contributed by atoms with Crippen LogP contribution in [-0.4, -0.2) is 56.8 Å². The zero-order valence-corrected chi connectivity index (χ0v) is 24.8. The number of ketones is 1. The number of Topliss-reactive ketones (excluding diaryl/α,β-unsaturated/α-hetero) is 1. The number of imidazole rings is 1. The molecule has 222 valence electrons. The molecule has 1 fully saturated rings. The number of ether oxygens (including phenoxy) is 3. The van der Waals surface area contributed by atoms with Crippen LogP contribution < -0.4 is 4.74 Å². The lowest BCUT2D eigenvalue weighted by Crippen LogP contribution is -2.42. The fraction of sp³-hybridized carbons (Fsp3) is 0.567. The third-order valence-electron chi connectivity index (χ3n) is 7.84. The molecule has 1 aliphatic rings. The molecule has 4 rings (SSSR count). The normalized spacial score (nSPS) is 22.0. The summed E-state index contributed by atoms with van der Waals surface area (Å²) in [5, 5.41) is -0.0377. The van der Waals surface area contributed by atoms with E-state index in [0.717, 1.165) is 24.8 Å². The van der Waals surface area contributed by atoms with Gasteiger partial charge in [-0.15, -0.1) is 0 Å². The molecule has 0 aliphatic carbocycles. The molecule has 9 nitrogen and oxygen atoms in total. The molecule has 11 heteroatoms. The molecule has 5 atom stereocenters. The molecule has 0 radical (unpaired) electrons. The Bertz CT molecular complexity index is 1340. The molecule has 1 aliphatic heterocycles. The van der Waals surface area contributed by atoms with Crippen LogP contribution in [-0.2, 0) is 25.5 Å². The van der Waals surface area contributed by atoms with Gasteiger partial charge in [0.1, 0.15) is 11.2 Å². The smallest absolute Gasteiger partial charge is 0.319 e. The molecule has 0 bridgehead atoms. The first-order valence-corrected chi connectivity index (χ1v) is 14.6. The van der Waals surface area contributed by atoms with Crippen LogP contribution in [0, 0.1) is 11.3 Å². The van der Waals surface area contributed by atoms with Crippen molar-refractivity contribution >= 4 is 34.5 Å². The number of hydrogen-bond donors (Lipinski definition) is 0. The van der Waals surface area contributed by atoms with Crippen molar-refractivity contribution in [1.29, 1.82) is 0 Å². The van der Waals surface area contributed by atoms with Gasteiger partial charge in [-0.2, -0.15) is 9.97 Å². The fourth-order valence-corrected chi connectivity index (χ4v) is 5.53. The molecular formula is C30H38ClFN4O5. The average Bonchev–Trinajstić information content (AvgIpc) is 3.49. The zero-order chi connectivity index (χ0) is 29.6. The van der Waals surface area contributed by atoms with E-state index in [4.69, 9.17) is 25.8 Å². The Morgan fingerprint density at radius 2 is 1.93 bits per heavy atom. The van der Waals surface area contributed by atoms with Crippen LogP contribution in [0.25, 0.3) is 11.2 Å². The molecule has 1 aromatic carbocycles. The highest BCUT2D eigenvalue weighted by Gasteiger charge is 2.49. The van der Waals surface area contributed by atoms with E-state index in [-0.39, 0.29) is 42.8 Å². The minimum Gasteiger partial charge on any atom is -0.476 e. The van der Waals surface area contributed by atoms with Crippen molar-refractivity contribution in [2.45, 2.75) is 84.7 Å². The fourth-order valence-electron chi connectivity index (χ4n) is 5.37. The molecule has 0 spiro atoms. The molecule has 1 saturated heterocycles. The molecule has 0 amide bonds. The minimum atomic E-state index is -1.41. The number of benzene rings is 1. The molecule has 2 aromatic heterocycles. The number of esters is 1. The van der Waals surface area contributed by atoms with Gasteiger partial charge in [0.05, 0.1) is 25.6 Å². The zero-order valence-electron chi connectivity index (χ0n) is 24.0. The first kappa shape index (κ1) is 30.8. The lowest BCUT2D eigenvalue weighted by atomic mass is 9.73. The highest BCUT2D eigenvalue weighted by Crippen LogP contribution is 2.42. The molecule has 3 aromatic rings. The van der Waals surface area contributed by atoms with Crippen molar-refractivity contribution in [1.82, 2.24) is 19.5 Å². The lowest BCUT2D eigenvalue weighted by molar-refractivity contribution is -0.160. The summed E-state index contributed by atoms with van der Waals surface area (Å²) in [4.78, 5) is 39.1. The third kappa shape index (κ3) is 6.70. The van der Waals surface area contributed by atoms with Crippen LogP contribution >= 0.6 is 11.6 Å². The van der Waals surface area contributed by atoms with Crippen molar-refractivity contribution in [3.63, 3.8) is 0 Å². The number of aromatic nitrogens is 4. The summed E-state index contributed by atoms with van der Waals surface area (Å²) in [6.07, 6.45) is 1.99. The summed E-state index contributed by atoms with van der Waals surface area (Å²) in [5.74, 6) is -1.15. The maximum Gasteiger partial charge on any atom is 0.319 e. The average molecular weight is 589 g/mol. The van der Waals surface area contributed by atoms with E-state index >= 15 is 4.39 Å². The van der Waals surface area contributed by atoms with E-state index in [1.165, 1.54) is 17.8 Å². The number of fused-ring (bicyclic) bond motifs is 1. The summed E-state index contributed by atoms with van der Waals surface area (Å²) >= 11 is 6.19. The number of hydrogen-bond acceptors (Lipinski definition) is 8. The summed E-state index contributed by atoms with van der Waals surface area (Å²) in [6.45, 7) is 7.58. The second kappa shape index (κ2) is 13.7. The van der Waals surface area contributed by atoms with Crippen LogP contribution in [0.3, 0.4) is 0 Å². The van der Waals surface area contributed by atoms with Crippen molar-refractivity contribution < 1.29 is 28.2 Å². The number of carbonyl (C=O) groups excluding carboxylic acids is 2. The van der Waals surface area contributed by atoms with Gasteiger partial charge in [-0.1, -0.05) is 57.0 Å². The van der Waals surface area contributed by atoms with Gasteiger partial charge in [-0.3, -0.25) is 14.2 Å². The van der Waals surface area contributed by atoms with E-state index in [0.29, 0.717) is 17.8 Å². The maximum atomic E-state index is 15.8. The summed E-state index contributed by atoms with van der Waals surface area (Å²) in [6, 6.07) is 9.34. The monoisotopic (exact) mass is 588 g/mol. The van der Waals surface area contributed by atoms with Gasteiger partial charge in [0.15, 0.2) is 23.6 Å². The van der Waals surface area contributed by atoms with E-state index in [2.05, 4.69) is 21.9 Å². The molecular weight excluding hydrogens is 551 g/mol. The number of halogens is 2. The van der Waals surface area contributed by atoms with Crippen LogP contribution in [0.4, 0.5) is 4.39 Å². The van der Waals surface area contributed by atoms with Gasteiger partial charge >= 0.3 is 5.97 Å². The quantitative estimate of drug-likeness (QED) is 0.0965. The van der Waals surface area contributed by atoms with Gasteiger partial charge in [-0.25, -0.2) is 9.37 Å². The number of alkyl halides is 1. The summed E-state index contributed by atoms with van der Waals surface area (Å²) in [5.41, 5.74) is 0.117. The van der Waals surface area contributed by atoms with E-state index in [1.54, 1.807) is 13.8 Å². The Morgan fingerprint density at radius 3 is 2.61 bits per heavy atom. The molecule has 41 heavy (non-hydrogen) atoms. The Hall–Kier alpha value is -3.11. The Labute approximate surface area is 244 Å². The van der Waals surface area contributed by atoms with Crippen LogP contribution in [0.2, 0.25) is 5.28 Å². The van der Waals surface area contributed by atoms with Crippen LogP contribution in [0.15, 0.2) is 36.7 Å². The second-order valence-corrected chi connectivity index (χ2v) is 10.9. The number of nitrogens with zero attached hydrogens (tertiary/aromatic N) is 4. The molecule has 3 heterocycles.